The fourth-order valence-electron chi connectivity index (χ4n) is 3.75. The number of thiophene rings is 1. The van der Waals surface area contributed by atoms with Gasteiger partial charge in [0.25, 0.3) is 11.8 Å². The molecule has 0 saturated carbocycles. The third kappa shape index (κ3) is 4.00. The van der Waals surface area contributed by atoms with Crippen LogP contribution in [0, 0.1) is 0 Å². The predicted octanol–water partition coefficient (Wildman–Crippen LogP) is 3.40. The molecule has 0 radical (unpaired) electrons. The summed E-state index contributed by atoms with van der Waals surface area (Å²) in [6, 6.07) is 11.1. The SMILES string of the molecule is COc1ccc(OCCN2C(=O)C(c3cccs3)=C(N3CCCCC3)C2=O)cc1. The van der Waals surface area contributed by atoms with Gasteiger partial charge in [0, 0.05) is 18.0 Å². The molecule has 2 aromatic rings. The minimum atomic E-state index is -0.226. The van der Waals surface area contributed by atoms with Crippen molar-refractivity contribution in [3.8, 4) is 11.5 Å². The molecule has 1 fully saturated rings. The first kappa shape index (κ1) is 19.5. The lowest BCUT2D eigenvalue weighted by molar-refractivity contribution is -0.138. The Bertz CT molecular complexity index is 899. The second-order valence-electron chi connectivity index (χ2n) is 7.03. The van der Waals surface area contributed by atoms with Crippen LogP contribution in [-0.2, 0) is 9.59 Å². The summed E-state index contributed by atoms with van der Waals surface area (Å²) in [6.45, 7) is 2.10. The van der Waals surface area contributed by atoms with Crippen LogP contribution in [0.5, 0.6) is 11.5 Å². The summed E-state index contributed by atoms with van der Waals surface area (Å²) in [7, 11) is 1.61. The Morgan fingerprint density at radius 3 is 2.34 bits per heavy atom. The number of carbonyl (C=O) groups excluding carboxylic acids is 2. The number of imide groups is 1. The maximum atomic E-state index is 13.2. The van der Waals surface area contributed by atoms with Gasteiger partial charge in [-0.1, -0.05) is 6.07 Å². The van der Waals surface area contributed by atoms with Crippen molar-refractivity contribution in [1.29, 1.82) is 0 Å². The minimum absolute atomic E-state index is 0.210. The summed E-state index contributed by atoms with van der Waals surface area (Å²) in [6.07, 6.45) is 3.26. The Labute approximate surface area is 174 Å². The van der Waals surface area contributed by atoms with Crippen molar-refractivity contribution < 1.29 is 19.1 Å². The van der Waals surface area contributed by atoms with E-state index in [0.717, 1.165) is 36.6 Å². The average molecular weight is 413 g/mol. The first-order chi connectivity index (χ1) is 14.2. The van der Waals surface area contributed by atoms with E-state index >= 15 is 0 Å². The number of nitrogens with zero attached hydrogens (tertiary/aromatic N) is 2. The van der Waals surface area contributed by atoms with E-state index in [1.165, 1.54) is 22.7 Å². The molecule has 6 nitrogen and oxygen atoms in total. The lowest BCUT2D eigenvalue weighted by Gasteiger charge is -2.29. The van der Waals surface area contributed by atoms with E-state index in [1.807, 2.05) is 29.6 Å². The van der Waals surface area contributed by atoms with Crippen LogP contribution in [0.2, 0.25) is 0 Å². The summed E-state index contributed by atoms with van der Waals surface area (Å²) in [5, 5.41) is 1.93. The number of methoxy groups -OCH3 is 1. The van der Waals surface area contributed by atoms with E-state index in [4.69, 9.17) is 9.47 Å². The molecule has 2 aliphatic rings. The lowest BCUT2D eigenvalue weighted by atomic mass is 10.1. The highest BCUT2D eigenvalue weighted by Crippen LogP contribution is 2.35. The molecular formula is C22H24N2O4S. The molecule has 3 heterocycles. The molecule has 29 heavy (non-hydrogen) atoms. The Morgan fingerprint density at radius 1 is 0.966 bits per heavy atom. The normalized spacial score (nSPS) is 17.3. The third-order valence-corrected chi connectivity index (χ3v) is 6.11. The maximum absolute atomic E-state index is 13.2. The number of hydrogen-bond acceptors (Lipinski definition) is 6. The molecule has 0 N–H and O–H groups in total. The van der Waals surface area contributed by atoms with Crippen LogP contribution in [0.4, 0.5) is 0 Å². The zero-order valence-corrected chi connectivity index (χ0v) is 17.2. The summed E-state index contributed by atoms with van der Waals surface area (Å²) in [5.74, 6) is 0.987. The van der Waals surface area contributed by atoms with Crippen molar-refractivity contribution >= 4 is 28.7 Å². The highest BCUT2D eigenvalue weighted by molar-refractivity contribution is 7.11. The van der Waals surface area contributed by atoms with E-state index in [-0.39, 0.29) is 25.0 Å². The van der Waals surface area contributed by atoms with E-state index < -0.39 is 0 Å². The van der Waals surface area contributed by atoms with Gasteiger partial charge in [-0.15, -0.1) is 11.3 Å². The molecule has 1 saturated heterocycles. The second-order valence-corrected chi connectivity index (χ2v) is 7.98. The molecule has 2 amide bonds. The molecule has 0 bridgehead atoms. The number of ether oxygens (including phenoxy) is 2. The first-order valence-corrected chi connectivity index (χ1v) is 10.7. The summed E-state index contributed by atoms with van der Waals surface area (Å²) >= 11 is 1.49. The Hall–Kier alpha value is -2.80. The van der Waals surface area contributed by atoms with Crippen LogP contribution >= 0.6 is 11.3 Å². The summed E-state index contributed by atoms with van der Waals surface area (Å²) in [4.78, 5) is 30.6. The largest absolute Gasteiger partial charge is 0.497 e. The van der Waals surface area contributed by atoms with Gasteiger partial charge < -0.3 is 14.4 Å². The van der Waals surface area contributed by atoms with Gasteiger partial charge in [-0.2, -0.15) is 0 Å². The molecule has 2 aliphatic heterocycles. The maximum Gasteiger partial charge on any atom is 0.278 e. The summed E-state index contributed by atoms with van der Waals surface area (Å²) < 4.78 is 10.9. The lowest BCUT2D eigenvalue weighted by Crippen LogP contribution is -2.39. The number of benzene rings is 1. The molecule has 152 valence electrons. The Morgan fingerprint density at radius 2 is 1.69 bits per heavy atom. The van der Waals surface area contributed by atoms with Crippen molar-refractivity contribution in [3.63, 3.8) is 0 Å². The highest BCUT2D eigenvalue weighted by Gasteiger charge is 2.41. The van der Waals surface area contributed by atoms with Gasteiger partial charge in [0.2, 0.25) is 0 Å². The number of hydrogen-bond donors (Lipinski definition) is 0. The van der Waals surface area contributed by atoms with Crippen LogP contribution in [0.1, 0.15) is 24.1 Å². The fourth-order valence-corrected chi connectivity index (χ4v) is 4.51. The quantitative estimate of drug-likeness (QED) is 0.653. The number of amides is 2. The van der Waals surface area contributed by atoms with Crippen molar-refractivity contribution in [3.05, 3.63) is 52.4 Å². The first-order valence-electron chi connectivity index (χ1n) is 9.85. The van der Waals surface area contributed by atoms with Crippen molar-refractivity contribution in [2.45, 2.75) is 19.3 Å². The standard InChI is InChI=1S/C22H24N2O4S/c1-27-16-7-9-17(10-8-16)28-14-13-24-21(25)19(18-6-5-15-29-18)20(22(24)26)23-11-3-2-4-12-23/h5-10,15H,2-4,11-14H2,1H3. The van der Waals surface area contributed by atoms with E-state index in [9.17, 15) is 9.59 Å². The molecule has 0 unspecified atom stereocenters. The van der Waals surface area contributed by atoms with Gasteiger partial charge >= 0.3 is 0 Å². The smallest absolute Gasteiger partial charge is 0.278 e. The van der Waals surface area contributed by atoms with Crippen molar-refractivity contribution in [1.82, 2.24) is 9.80 Å². The fraction of sp³-hybridized carbons (Fsp3) is 0.364. The van der Waals surface area contributed by atoms with Gasteiger partial charge in [0.15, 0.2) is 0 Å². The monoisotopic (exact) mass is 412 g/mol. The van der Waals surface area contributed by atoms with Gasteiger partial charge in [-0.05, 0) is 55.0 Å². The summed E-state index contributed by atoms with van der Waals surface area (Å²) in [5.41, 5.74) is 1.10. The topological polar surface area (TPSA) is 59.1 Å². The average Bonchev–Trinajstić information content (AvgIpc) is 3.37. The number of likely N-dealkylation sites (tertiary alicyclic amines) is 1. The van der Waals surface area contributed by atoms with Gasteiger partial charge in [-0.3, -0.25) is 14.5 Å². The van der Waals surface area contributed by atoms with Gasteiger partial charge in [0.1, 0.15) is 23.8 Å². The van der Waals surface area contributed by atoms with E-state index in [0.29, 0.717) is 17.0 Å². The molecule has 1 aromatic heterocycles. The van der Waals surface area contributed by atoms with Crippen molar-refractivity contribution in [2.24, 2.45) is 0 Å². The minimum Gasteiger partial charge on any atom is -0.497 e. The molecule has 7 heteroatoms. The number of rotatable bonds is 7. The van der Waals surface area contributed by atoms with Crippen LogP contribution in [0.25, 0.3) is 5.57 Å². The van der Waals surface area contributed by atoms with E-state index in [1.54, 1.807) is 19.2 Å². The van der Waals surface area contributed by atoms with Gasteiger partial charge in [0.05, 0.1) is 19.2 Å². The van der Waals surface area contributed by atoms with Crippen LogP contribution in [0.3, 0.4) is 0 Å². The second kappa shape index (κ2) is 8.69. The molecule has 0 atom stereocenters. The van der Waals surface area contributed by atoms with Gasteiger partial charge in [-0.25, -0.2) is 0 Å². The van der Waals surface area contributed by atoms with E-state index in [2.05, 4.69) is 4.90 Å². The van der Waals surface area contributed by atoms with Crippen molar-refractivity contribution in [2.75, 3.05) is 33.4 Å². The third-order valence-electron chi connectivity index (χ3n) is 5.23. The molecule has 1 aromatic carbocycles. The number of piperidine rings is 1. The van der Waals surface area contributed by atoms with Crippen LogP contribution < -0.4 is 9.47 Å². The Kier molecular flexibility index (Phi) is 5.85. The highest BCUT2D eigenvalue weighted by atomic mass is 32.1. The molecule has 4 rings (SSSR count). The Balaban J connectivity index is 1.49. The molecular weight excluding hydrogens is 388 g/mol. The molecule has 0 spiro atoms. The van der Waals surface area contributed by atoms with Crippen LogP contribution in [0.15, 0.2) is 47.5 Å². The predicted molar refractivity (Wildman–Crippen MR) is 112 cm³/mol. The number of carbonyl (C=O) groups is 2. The zero-order chi connectivity index (χ0) is 20.2. The van der Waals surface area contributed by atoms with Crippen LogP contribution in [-0.4, -0.2) is 55.0 Å². The molecule has 0 aliphatic carbocycles. The zero-order valence-electron chi connectivity index (χ0n) is 16.4.